The molecular weight excluding hydrogens is 280 g/mol. The molecule has 4 nitrogen and oxygen atoms in total. The molecule has 0 spiro atoms. The van der Waals surface area contributed by atoms with Crippen LogP contribution >= 0.6 is 0 Å². The number of ether oxygens (including phenoxy) is 2. The van der Waals surface area contributed by atoms with E-state index in [-0.39, 0.29) is 5.78 Å². The van der Waals surface area contributed by atoms with Crippen LogP contribution in [0.2, 0.25) is 0 Å². The molecule has 22 heavy (non-hydrogen) atoms. The fourth-order valence-electron chi connectivity index (χ4n) is 2.04. The van der Waals surface area contributed by atoms with Gasteiger partial charge in [0.05, 0.1) is 12.7 Å². The number of Topliss-reactive ketones (excluding diaryl/α,β-unsaturated/α-hetero) is 1. The number of carbonyl (C=O) groups is 2. The molecule has 0 N–H and O–H groups in total. The van der Waals surface area contributed by atoms with Crippen LogP contribution in [0.4, 0.5) is 0 Å². The fraction of sp³-hybridized carbons (Fsp3) is 0.222. The molecule has 0 aromatic heterocycles. The van der Waals surface area contributed by atoms with Crippen LogP contribution in [0.1, 0.15) is 33.2 Å². The summed E-state index contributed by atoms with van der Waals surface area (Å²) in [7, 11) is 1.56. The van der Waals surface area contributed by atoms with Gasteiger partial charge in [0, 0.05) is 5.56 Å². The predicted molar refractivity (Wildman–Crippen MR) is 83.4 cm³/mol. The molecule has 1 atom stereocenters. The van der Waals surface area contributed by atoms with E-state index in [4.69, 9.17) is 9.47 Å². The van der Waals surface area contributed by atoms with Crippen molar-refractivity contribution in [3.8, 4) is 5.75 Å². The summed E-state index contributed by atoms with van der Waals surface area (Å²) < 4.78 is 10.3. The summed E-state index contributed by atoms with van der Waals surface area (Å²) in [6, 6.07) is 13.8. The van der Waals surface area contributed by atoms with E-state index in [1.165, 1.54) is 0 Å². The topological polar surface area (TPSA) is 52.6 Å². The molecule has 0 amide bonds. The van der Waals surface area contributed by atoms with Crippen LogP contribution < -0.4 is 4.74 Å². The molecule has 2 rings (SSSR count). The summed E-state index contributed by atoms with van der Waals surface area (Å²) in [6.45, 7) is 3.46. The average Bonchev–Trinajstić information content (AvgIpc) is 2.54. The first-order valence-electron chi connectivity index (χ1n) is 6.97. The molecular formula is C18H18O4. The second-order valence-electron chi connectivity index (χ2n) is 5.01. The number of rotatable bonds is 5. The molecule has 0 aliphatic carbocycles. The Balaban J connectivity index is 2.05. The Bertz CT molecular complexity index is 674. The van der Waals surface area contributed by atoms with Gasteiger partial charge in [0.1, 0.15) is 5.75 Å². The van der Waals surface area contributed by atoms with Crippen molar-refractivity contribution in [1.82, 2.24) is 0 Å². The lowest BCUT2D eigenvalue weighted by Gasteiger charge is -2.13. The number of methoxy groups -OCH3 is 1. The zero-order valence-corrected chi connectivity index (χ0v) is 12.8. The van der Waals surface area contributed by atoms with Gasteiger partial charge in [-0.25, -0.2) is 4.79 Å². The number of carbonyl (C=O) groups excluding carboxylic acids is 2. The third-order valence-corrected chi connectivity index (χ3v) is 3.28. The van der Waals surface area contributed by atoms with E-state index in [9.17, 15) is 9.59 Å². The van der Waals surface area contributed by atoms with Crippen LogP contribution in [0, 0.1) is 6.92 Å². The first-order chi connectivity index (χ1) is 10.5. The minimum absolute atomic E-state index is 0.247. The number of aryl methyl sites for hydroxylation is 1. The highest BCUT2D eigenvalue weighted by Gasteiger charge is 2.20. The summed E-state index contributed by atoms with van der Waals surface area (Å²) in [5.74, 6) is -0.0809. The molecule has 0 fully saturated rings. The summed E-state index contributed by atoms with van der Waals surface area (Å²) in [4.78, 5) is 24.3. The Morgan fingerprint density at radius 3 is 2.27 bits per heavy atom. The van der Waals surface area contributed by atoms with Gasteiger partial charge in [-0.1, -0.05) is 17.7 Å². The highest BCUT2D eigenvalue weighted by molar-refractivity contribution is 6.01. The predicted octanol–water partition coefficient (Wildman–Crippen LogP) is 3.43. The Morgan fingerprint density at radius 1 is 1.00 bits per heavy atom. The number of hydrogen-bond acceptors (Lipinski definition) is 4. The number of hydrogen-bond donors (Lipinski definition) is 0. The zero-order valence-electron chi connectivity index (χ0n) is 12.8. The molecule has 0 aliphatic rings. The number of ketones is 1. The molecule has 0 bridgehead atoms. The van der Waals surface area contributed by atoms with E-state index in [0.717, 1.165) is 5.56 Å². The van der Waals surface area contributed by atoms with Crippen molar-refractivity contribution in [3.63, 3.8) is 0 Å². The van der Waals surface area contributed by atoms with Gasteiger partial charge in [0.25, 0.3) is 0 Å². The lowest BCUT2D eigenvalue weighted by atomic mass is 10.1. The van der Waals surface area contributed by atoms with Crippen molar-refractivity contribution < 1.29 is 19.1 Å². The average molecular weight is 298 g/mol. The number of benzene rings is 2. The van der Waals surface area contributed by atoms with Crippen molar-refractivity contribution in [2.45, 2.75) is 20.0 Å². The van der Waals surface area contributed by atoms with Gasteiger partial charge in [0.2, 0.25) is 5.78 Å². The van der Waals surface area contributed by atoms with E-state index in [2.05, 4.69) is 0 Å². The highest BCUT2D eigenvalue weighted by atomic mass is 16.5. The van der Waals surface area contributed by atoms with Crippen LogP contribution in [-0.2, 0) is 4.74 Å². The second-order valence-corrected chi connectivity index (χ2v) is 5.01. The maximum atomic E-state index is 12.3. The molecule has 0 heterocycles. The Kier molecular flexibility index (Phi) is 4.94. The van der Waals surface area contributed by atoms with E-state index in [1.807, 2.05) is 13.0 Å². The van der Waals surface area contributed by atoms with Gasteiger partial charge < -0.3 is 9.47 Å². The van der Waals surface area contributed by atoms with Crippen molar-refractivity contribution in [2.24, 2.45) is 0 Å². The fourth-order valence-corrected chi connectivity index (χ4v) is 2.04. The lowest BCUT2D eigenvalue weighted by Crippen LogP contribution is -2.24. The minimum Gasteiger partial charge on any atom is -0.497 e. The van der Waals surface area contributed by atoms with Crippen LogP contribution in [-0.4, -0.2) is 25.0 Å². The van der Waals surface area contributed by atoms with Crippen LogP contribution in [0.3, 0.4) is 0 Å². The molecule has 2 aromatic carbocycles. The largest absolute Gasteiger partial charge is 0.497 e. The monoisotopic (exact) mass is 298 g/mol. The van der Waals surface area contributed by atoms with Gasteiger partial charge in [-0.15, -0.1) is 0 Å². The molecule has 0 saturated carbocycles. The van der Waals surface area contributed by atoms with Gasteiger partial charge >= 0.3 is 5.97 Å². The first-order valence-corrected chi connectivity index (χ1v) is 6.97. The van der Waals surface area contributed by atoms with Crippen molar-refractivity contribution in [2.75, 3.05) is 7.11 Å². The quantitative estimate of drug-likeness (QED) is 0.627. The summed E-state index contributed by atoms with van der Waals surface area (Å²) in [5.41, 5.74) is 1.88. The molecule has 0 aliphatic heterocycles. The zero-order chi connectivity index (χ0) is 16.1. The molecule has 0 radical (unpaired) electrons. The lowest BCUT2D eigenvalue weighted by molar-refractivity contribution is 0.0318. The van der Waals surface area contributed by atoms with Crippen molar-refractivity contribution in [1.29, 1.82) is 0 Å². The minimum atomic E-state index is -0.846. The summed E-state index contributed by atoms with van der Waals surface area (Å²) >= 11 is 0. The molecule has 114 valence electrons. The van der Waals surface area contributed by atoms with E-state index in [0.29, 0.717) is 16.9 Å². The molecule has 0 saturated heterocycles. The highest BCUT2D eigenvalue weighted by Crippen LogP contribution is 2.15. The van der Waals surface area contributed by atoms with Crippen molar-refractivity contribution in [3.05, 3.63) is 65.2 Å². The molecule has 0 unspecified atom stereocenters. The Hall–Kier alpha value is -2.62. The van der Waals surface area contributed by atoms with E-state index >= 15 is 0 Å². The standard InChI is InChI=1S/C18H18O4/c1-12-5-4-6-15(11-12)18(20)22-13(2)17(19)14-7-9-16(21-3)10-8-14/h4-11,13H,1-3H3/t13-/m0/s1. The maximum absolute atomic E-state index is 12.3. The molecule has 2 aromatic rings. The van der Waals surface area contributed by atoms with Gasteiger partial charge in [0.15, 0.2) is 6.10 Å². The summed E-state index contributed by atoms with van der Waals surface area (Å²) in [5, 5.41) is 0. The SMILES string of the molecule is COc1ccc(C(=O)[C@H](C)OC(=O)c2cccc(C)c2)cc1. The third-order valence-electron chi connectivity index (χ3n) is 3.28. The van der Waals surface area contributed by atoms with Crippen LogP contribution in [0.5, 0.6) is 5.75 Å². The first kappa shape index (κ1) is 15.8. The third kappa shape index (κ3) is 3.73. The maximum Gasteiger partial charge on any atom is 0.338 e. The summed E-state index contributed by atoms with van der Waals surface area (Å²) in [6.07, 6.45) is -0.846. The van der Waals surface area contributed by atoms with Crippen molar-refractivity contribution >= 4 is 11.8 Å². The van der Waals surface area contributed by atoms with Crippen LogP contribution in [0.15, 0.2) is 48.5 Å². The Labute approximate surface area is 129 Å². The normalized spacial score (nSPS) is 11.6. The Morgan fingerprint density at radius 2 is 1.68 bits per heavy atom. The van der Waals surface area contributed by atoms with Gasteiger partial charge in [-0.05, 0) is 50.2 Å². The van der Waals surface area contributed by atoms with Crippen LogP contribution in [0.25, 0.3) is 0 Å². The smallest absolute Gasteiger partial charge is 0.338 e. The number of esters is 1. The van der Waals surface area contributed by atoms with Gasteiger partial charge in [-0.3, -0.25) is 4.79 Å². The van der Waals surface area contributed by atoms with E-state index < -0.39 is 12.1 Å². The van der Waals surface area contributed by atoms with Gasteiger partial charge in [-0.2, -0.15) is 0 Å². The van der Waals surface area contributed by atoms with E-state index in [1.54, 1.807) is 56.5 Å². The second kappa shape index (κ2) is 6.89. The molecule has 4 heteroatoms.